The maximum atomic E-state index is 2.41. The van der Waals surface area contributed by atoms with E-state index in [-0.39, 0.29) is 20.7 Å². The van der Waals surface area contributed by atoms with Gasteiger partial charge >= 0.3 is 0 Å². The smallest absolute Gasteiger partial charge is 0.0646 e. The number of hydrogen-bond donors (Lipinski definition) is 0. The van der Waals surface area contributed by atoms with E-state index in [1.54, 1.807) is 0 Å². The average Bonchev–Trinajstić information content (AvgIpc) is 2.55. The Morgan fingerprint density at radius 2 is 2.07 bits per heavy atom. The van der Waals surface area contributed by atoms with Crippen molar-refractivity contribution in [2.75, 3.05) is 0 Å². The Hall–Kier alpha value is -0.170. The summed E-state index contributed by atoms with van der Waals surface area (Å²) in [5.41, 5.74) is 4.10. The minimum Gasteiger partial charge on any atom is -0.282 e. The van der Waals surface area contributed by atoms with Crippen molar-refractivity contribution in [1.29, 1.82) is 0 Å². The van der Waals surface area contributed by atoms with Crippen LogP contribution in [0.15, 0.2) is 28.3 Å². The molecule has 0 aliphatic carbocycles. The van der Waals surface area contributed by atoms with Crippen LogP contribution in [0.3, 0.4) is 0 Å². The number of rotatable bonds is 0. The molecule has 0 bridgehead atoms. The van der Waals surface area contributed by atoms with Gasteiger partial charge in [-0.3, -0.25) is 2.78 Å². The predicted octanol–water partition coefficient (Wildman–Crippen LogP) is 3.94. The molecule has 3 heteroatoms. The number of halogens is 2. The van der Waals surface area contributed by atoms with E-state index < -0.39 is 0 Å². The van der Waals surface area contributed by atoms with Gasteiger partial charge in [-0.25, -0.2) is 0 Å². The molecule has 0 atom stereocenters. The summed E-state index contributed by atoms with van der Waals surface area (Å²) in [6.45, 7) is 0. The molecule has 70 valence electrons. The second-order valence-corrected chi connectivity index (χ2v) is 6.15. The van der Waals surface area contributed by atoms with Gasteiger partial charge in [0.05, 0.1) is 34.1 Å². The fourth-order valence-electron chi connectivity index (χ4n) is 1.71. The topological polar surface area (TPSA) is 4.93 Å². The molecule has 2 aromatic rings. The fourth-order valence-corrected chi connectivity index (χ4v) is 4.32. The van der Waals surface area contributed by atoms with Crippen LogP contribution in [0.5, 0.6) is 0 Å². The van der Waals surface area contributed by atoms with Crippen LogP contribution in [0, 0.1) is 0 Å². The van der Waals surface area contributed by atoms with Gasteiger partial charge in [0.1, 0.15) is 0 Å². The number of nitrogens with zero attached hydrogens (tertiary/aromatic N) is 1. The Morgan fingerprint density at radius 1 is 1.21 bits per heavy atom. The van der Waals surface area contributed by atoms with Crippen LogP contribution in [0.25, 0.3) is 17.0 Å². The van der Waals surface area contributed by atoms with Gasteiger partial charge < -0.3 is 0 Å². The third-order valence-electron chi connectivity index (χ3n) is 2.36. The van der Waals surface area contributed by atoms with Gasteiger partial charge in [-0.2, -0.15) is 0 Å². The lowest BCUT2D eigenvalue weighted by Gasteiger charge is -1.99. The molecule has 1 nitrogen and oxygen atoms in total. The molecular formula is C11H7I2N. The molecule has 14 heavy (non-hydrogen) atoms. The van der Waals surface area contributed by atoms with Crippen LogP contribution in [0.1, 0.15) is 11.3 Å². The quantitative estimate of drug-likeness (QED) is 0.584. The molecule has 0 N–H and O–H groups in total. The molecule has 0 radical (unpaired) electrons. The van der Waals surface area contributed by atoms with E-state index in [2.05, 4.69) is 64.1 Å². The van der Waals surface area contributed by atoms with Crippen LogP contribution in [-0.2, 0) is 0 Å². The molecule has 0 amide bonds. The molecule has 0 saturated carbocycles. The number of aromatic nitrogens is 1. The first kappa shape index (κ1) is 9.08. The summed E-state index contributed by atoms with van der Waals surface area (Å²) >= 11 is 2.52. The lowest BCUT2D eigenvalue weighted by molar-refractivity contribution is 1.38. The van der Waals surface area contributed by atoms with E-state index in [1.165, 1.54) is 22.2 Å². The standard InChI is InChI=1S/C11H7I2N/c12-14-10-4-2-1-3-8(10)9-7-13-6-5-11(9)14/h1-7H. The van der Waals surface area contributed by atoms with Crippen molar-refractivity contribution < 1.29 is 0 Å². The van der Waals surface area contributed by atoms with Crippen molar-refractivity contribution in [1.82, 2.24) is 2.78 Å². The van der Waals surface area contributed by atoms with Crippen molar-refractivity contribution in [3.8, 4) is 0 Å². The third kappa shape index (κ3) is 1.21. The molecule has 1 aromatic heterocycles. The number of para-hydroxylation sites is 1. The third-order valence-corrected chi connectivity index (χ3v) is 5.16. The van der Waals surface area contributed by atoms with E-state index in [9.17, 15) is 0 Å². The molecule has 1 aliphatic heterocycles. The summed E-state index contributed by atoms with van der Waals surface area (Å²) in [6, 6.07) is 8.61. The second-order valence-electron chi connectivity index (χ2n) is 3.12. The van der Waals surface area contributed by atoms with Gasteiger partial charge in [-0.15, -0.1) is 0 Å². The van der Waals surface area contributed by atoms with Crippen LogP contribution >= 0.6 is 43.6 Å². The molecule has 0 fully saturated rings. The number of hydrogen-bond acceptors (Lipinski definition) is 0. The van der Waals surface area contributed by atoms with Crippen LogP contribution in [0.4, 0.5) is 0 Å². The highest BCUT2D eigenvalue weighted by Crippen LogP contribution is 2.31. The SMILES string of the molecule is In1c2c(c3ccccc31)C=IC=C2. The lowest BCUT2D eigenvalue weighted by Crippen LogP contribution is -1.87. The summed E-state index contributed by atoms with van der Waals surface area (Å²) in [5.74, 6) is 0. The van der Waals surface area contributed by atoms with Gasteiger partial charge in [0.25, 0.3) is 0 Å². The first-order valence-electron chi connectivity index (χ1n) is 4.29. The van der Waals surface area contributed by atoms with Crippen molar-refractivity contribution >= 4 is 64.6 Å². The van der Waals surface area contributed by atoms with E-state index in [0.29, 0.717) is 0 Å². The maximum Gasteiger partial charge on any atom is 0.0646 e. The monoisotopic (exact) mass is 407 g/mol. The van der Waals surface area contributed by atoms with Crippen LogP contribution in [-0.4, -0.2) is 6.79 Å². The van der Waals surface area contributed by atoms with Gasteiger partial charge in [-0.05, 0) is 20.2 Å². The molecular weight excluding hydrogens is 400 g/mol. The first-order valence-corrected chi connectivity index (χ1v) is 7.75. The summed E-state index contributed by atoms with van der Waals surface area (Å²) in [4.78, 5) is 0. The predicted molar refractivity (Wildman–Crippen MR) is 79.6 cm³/mol. The minimum atomic E-state index is 0.142. The van der Waals surface area contributed by atoms with Gasteiger partial charge in [0.15, 0.2) is 0 Å². The van der Waals surface area contributed by atoms with E-state index in [1.807, 2.05) is 0 Å². The lowest BCUT2D eigenvalue weighted by atomic mass is 10.1. The zero-order valence-corrected chi connectivity index (χ0v) is 11.6. The van der Waals surface area contributed by atoms with Gasteiger partial charge in [0.2, 0.25) is 0 Å². The minimum absolute atomic E-state index is 0.142. The zero-order chi connectivity index (χ0) is 9.54. The zero-order valence-electron chi connectivity index (χ0n) is 7.24. The molecule has 0 saturated heterocycles. The van der Waals surface area contributed by atoms with E-state index in [4.69, 9.17) is 0 Å². The summed E-state index contributed by atoms with van der Waals surface area (Å²) in [7, 11) is 0. The van der Waals surface area contributed by atoms with Crippen molar-refractivity contribution in [2.45, 2.75) is 0 Å². The molecule has 2 heterocycles. The molecule has 1 aromatic carbocycles. The summed E-state index contributed by atoms with van der Waals surface area (Å²) < 4.78 is 6.97. The van der Waals surface area contributed by atoms with Crippen molar-refractivity contribution in [3.63, 3.8) is 0 Å². The fraction of sp³-hybridized carbons (Fsp3) is 0. The number of fused-ring (bicyclic) bond motifs is 3. The molecule has 1 aliphatic rings. The highest BCUT2D eigenvalue weighted by molar-refractivity contribution is 14.2. The highest BCUT2D eigenvalue weighted by Gasteiger charge is 2.12. The summed E-state index contributed by atoms with van der Waals surface area (Å²) in [6.07, 6.45) is 2.26. The normalized spacial score (nSPS) is 14.1. The van der Waals surface area contributed by atoms with Crippen molar-refractivity contribution in [2.24, 2.45) is 0 Å². The maximum absolute atomic E-state index is 2.41. The highest BCUT2D eigenvalue weighted by atomic mass is 127. The molecule has 0 unspecified atom stereocenters. The van der Waals surface area contributed by atoms with Crippen LogP contribution < -0.4 is 0 Å². The first-order chi connectivity index (χ1) is 6.88. The Bertz CT molecular complexity index is 564. The van der Waals surface area contributed by atoms with E-state index >= 15 is 0 Å². The van der Waals surface area contributed by atoms with Gasteiger partial charge in [-0.1, -0.05) is 38.9 Å². The summed E-state index contributed by atoms with van der Waals surface area (Å²) in [5, 5.41) is 1.39. The Morgan fingerprint density at radius 3 is 3.00 bits per heavy atom. The second kappa shape index (κ2) is 3.44. The Balaban J connectivity index is 2.54. The molecule has 3 rings (SSSR count). The Labute approximate surface area is 106 Å². The molecule has 0 spiro atoms. The average molecular weight is 407 g/mol. The number of benzene rings is 1. The van der Waals surface area contributed by atoms with Crippen LogP contribution in [0.2, 0.25) is 0 Å². The Kier molecular flexibility index (Phi) is 2.24. The largest absolute Gasteiger partial charge is 0.282 e. The van der Waals surface area contributed by atoms with Gasteiger partial charge in [0, 0.05) is 10.9 Å². The van der Waals surface area contributed by atoms with E-state index in [0.717, 1.165) is 0 Å². The van der Waals surface area contributed by atoms with Crippen molar-refractivity contribution in [3.05, 3.63) is 39.6 Å².